The zero-order valence-corrected chi connectivity index (χ0v) is 16.1. The maximum Gasteiger partial charge on any atom is 0.387 e. The lowest BCUT2D eigenvalue weighted by atomic mass is 10.1. The third kappa shape index (κ3) is 4.05. The normalized spacial score (nSPS) is 11.6. The lowest BCUT2D eigenvalue weighted by Gasteiger charge is -2.17. The minimum atomic E-state index is -2.81. The van der Waals surface area contributed by atoms with E-state index in [1.807, 2.05) is 49.0 Å². The van der Waals surface area contributed by atoms with Crippen molar-refractivity contribution < 1.29 is 13.5 Å². The number of imidazole rings is 1. The molecule has 0 aliphatic carbocycles. The van der Waals surface area contributed by atoms with E-state index in [0.717, 1.165) is 27.5 Å². The van der Waals surface area contributed by atoms with Crippen molar-refractivity contribution in [2.75, 3.05) is 7.05 Å². The Balaban J connectivity index is 1.54. The van der Waals surface area contributed by atoms with E-state index in [4.69, 9.17) is 4.98 Å². The third-order valence-electron chi connectivity index (χ3n) is 4.43. The number of fused-ring (bicyclic) bond motifs is 1. The molecular formula is C21H19F2N3OS. The molecular weight excluding hydrogens is 380 g/mol. The van der Waals surface area contributed by atoms with Gasteiger partial charge in [-0.3, -0.25) is 9.30 Å². The summed E-state index contributed by atoms with van der Waals surface area (Å²) in [7, 11) is 2.03. The van der Waals surface area contributed by atoms with Crippen LogP contribution in [0.25, 0.3) is 16.2 Å². The zero-order valence-electron chi connectivity index (χ0n) is 15.3. The Bertz CT molecular complexity index is 1040. The molecule has 4 nitrogen and oxygen atoms in total. The van der Waals surface area contributed by atoms with Gasteiger partial charge in [0.2, 0.25) is 0 Å². The monoisotopic (exact) mass is 399 g/mol. The van der Waals surface area contributed by atoms with E-state index in [9.17, 15) is 8.78 Å². The van der Waals surface area contributed by atoms with Gasteiger partial charge in [-0.05, 0) is 24.7 Å². The number of aromatic nitrogens is 2. The lowest BCUT2D eigenvalue weighted by molar-refractivity contribution is -0.0498. The van der Waals surface area contributed by atoms with Crippen LogP contribution in [0.5, 0.6) is 5.75 Å². The number of thiazole rings is 1. The van der Waals surface area contributed by atoms with Gasteiger partial charge in [-0.25, -0.2) is 4.98 Å². The average Bonchev–Trinajstić information content (AvgIpc) is 3.26. The van der Waals surface area contributed by atoms with Crippen molar-refractivity contribution in [2.24, 2.45) is 0 Å². The molecule has 0 aliphatic rings. The fourth-order valence-electron chi connectivity index (χ4n) is 3.21. The maximum absolute atomic E-state index is 12.3. The second kappa shape index (κ2) is 8.08. The van der Waals surface area contributed by atoms with Gasteiger partial charge in [0.05, 0.1) is 11.4 Å². The molecule has 0 fully saturated rings. The molecule has 0 spiro atoms. The summed E-state index contributed by atoms with van der Waals surface area (Å²) in [6.07, 6.45) is 2.04. The van der Waals surface area contributed by atoms with Crippen LogP contribution in [0.2, 0.25) is 0 Å². The van der Waals surface area contributed by atoms with Crippen molar-refractivity contribution in [3.63, 3.8) is 0 Å². The number of hydrogen-bond donors (Lipinski definition) is 0. The van der Waals surface area contributed by atoms with Crippen molar-refractivity contribution in [3.05, 3.63) is 77.4 Å². The summed E-state index contributed by atoms with van der Waals surface area (Å²) < 4.78 is 31.1. The Kier molecular flexibility index (Phi) is 5.36. The number of benzene rings is 2. The minimum absolute atomic E-state index is 0.170. The zero-order chi connectivity index (χ0) is 19.5. The van der Waals surface area contributed by atoms with Crippen LogP contribution in [0.4, 0.5) is 8.78 Å². The summed E-state index contributed by atoms with van der Waals surface area (Å²) in [5.41, 5.74) is 4.23. The van der Waals surface area contributed by atoms with E-state index in [-0.39, 0.29) is 5.75 Å². The van der Waals surface area contributed by atoms with Gasteiger partial charge in [-0.15, -0.1) is 11.3 Å². The Morgan fingerprint density at radius 3 is 2.54 bits per heavy atom. The standard InChI is InChI=1S/C21H19F2N3OS/c1-25(13-15-7-9-17(10-8-15)27-20(22)23)14-18-19(16-5-3-2-4-6-16)24-21-26(18)11-12-28-21/h2-12,20H,13-14H2,1H3. The molecule has 0 radical (unpaired) electrons. The van der Waals surface area contributed by atoms with Crippen molar-refractivity contribution >= 4 is 16.3 Å². The molecule has 0 saturated heterocycles. The molecule has 7 heteroatoms. The molecule has 2 aromatic carbocycles. The molecule has 2 heterocycles. The van der Waals surface area contributed by atoms with E-state index < -0.39 is 6.61 Å². The highest BCUT2D eigenvalue weighted by atomic mass is 32.1. The first-order valence-corrected chi connectivity index (χ1v) is 9.70. The highest BCUT2D eigenvalue weighted by Gasteiger charge is 2.16. The summed E-state index contributed by atoms with van der Waals surface area (Å²) in [4.78, 5) is 7.95. The van der Waals surface area contributed by atoms with E-state index in [1.165, 1.54) is 0 Å². The van der Waals surface area contributed by atoms with Crippen molar-refractivity contribution in [1.82, 2.24) is 14.3 Å². The second-order valence-corrected chi connectivity index (χ2v) is 7.40. The highest BCUT2D eigenvalue weighted by molar-refractivity contribution is 7.15. The molecule has 0 unspecified atom stereocenters. The van der Waals surface area contributed by atoms with Crippen molar-refractivity contribution in [1.29, 1.82) is 0 Å². The number of ether oxygens (including phenoxy) is 1. The quantitative estimate of drug-likeness (QED) is 0.423. The first-order chi connectivity index (χ1) is 13.6. The average molecular weight is 399 g/mol. The Labute approximate surface area is 165 Å². The van der Waals surface area contributed by atoms with E-state index in [0.29, 0.717) is 13.1 Å². The number of alkyl halides is 2. The van der Waals surface area contributed by atoms with Crippen LogP contribution >= 0.6 is 11.3 Å². The van der Waals surface area contributed by atoms with Crippen LogP contribution in [0.3, 0.4) is 0 Å². The smallest absolute Gasteiger partial charge is 0.387 e. The summed E-state index contributed by atoms with van der Waals surface area (Å²) >= 11 is 1.61. The van der Waals surface area contributed by atoms with Crippen LogP contribution in [0.1, 0.15) is 11.3 Å². The number of hydrogen-bond acceptors (Lipinski definition) is 4. The number of nitrogens with zero attached hydrogens (tertiary/aromatic N) is 3. The van der Waals surface area contributed by atoms with E-state index >= 15 is 0 Å². The molecule has 144 valence electrons. The largest absolute Gasteiger partial charge is 0.435 e. The van der Waals surface area contributed by atoms with E-state index in [1.54, 1.807) is 23.5 Å². The molecule has 28 heavy (non-hydrogen) atoms. The SMILES string of the molecule is CN(Cc1ccc(OC(F)F)cc1)Cc1c(-c2ccccc2)nc2sccn12. The molecule has 0 bridgehead atoms. The van der Waals surface area contributed by atoms with Gasteiger partial charge in [0, 0.05) is 30.2 Å². The van der Waals surface area contributed by atoms with Crippen LogP contribution in [0.15, 0.2) is 66.2 Å². The molecule has 4 aromatic rings. The molecule has 2 aromatic heterocycles. The van der Waals surface area contributed by atoms with Gasteiger partial charge >= 0.3 is 6.61 Å². The first kappa shape index (κ1) is 18.6. The number of rotatable bonds is 7. The van der Waals surface area contributed by atoms with Crippen LogP contribution < -0.4 is 4.74 Å². The van der Waals surface area contributed by atoms with Crippen molar-refractivity contribution in [2.45, 2.75) is 19.7 Å². The topological polar surface area (TPSA) is 29.8 Å². The summed E-state index contributed by atoms with van der Waals surface area (Å²) in [5.74, 6) is 0.170. The van der Waals surface area contributed by atoms with Gasteiger partial charge in [0.1, 0.15) is 5.75 Å². The first-order valence-electron chi connectivity index (χ1n) is 8.82. The summed E-state index contributed by atoms with van der Waals surface area (Å²) in [6.45, 7) is -1.42. The lowest BCUT2D eigenvalue weighted by Crippen LogP contribution is -2.18. The molecule has 0 saturated carbocycles. The molecule has 4 rings (SSSR count). The summed E-state index contributed by atoms with van der Waals surface area (Å²) in [5, 5.41) is 2.03. The van der Waals surface area contributed by atoms with Gasteiger partial charge in [0.15, 0.2) is 4.96 Å². The minimum Gasteiger partial charge on any atom is -0.435 e. The molecule has 0 atom stereocenters. The van der Waals surface area contributed by atoms with Gasteiger partial charge in [-0.1, -0.05) is 42.5 Å². The van der Waals surface area contributed by atoms with Crippen LogP contribution in [-0.4, -0.2) is 27.9 Å². The second-order valence-electron chi connectivity index (χ2n) is 6.52. The Morgan fingerprint density at radius 2 is 1.82 bits per heavy atom. The molecule has 0 aliphatic heterocycles. The van der Waals surface area contributed by atoms with Crippen molar-refractivity contribution in [3.8, 4) is 17.0 Å². The van der Waals surface area contributed by atoms with Gasteiger partial charge < -0.3 is 4.74 Å². The fourth-order valence-corrected chi connectivity index (χ4v) is 3.94. The van der Waals surface area contributed by atoms with Crippen LogP contribution in [0, 0.1) is 0 Å². The fraction of sp³-hybridized carbons (Fsp3) is 0.190. The predicted octanol–water partition coefficient (Wildman–Crippen LogP) is 5.30. The molecule has 0 N–H and O–H groups in total. The Morgan fingerprint density at radius 1 is 1.07 bits per heavy atom. The predicted molar refractivity (Wildman–Crippen MR) is 107 cm³/mol. The van der Waals surface area contributed by atoms with E-state index in [2.05, 4.69) is 26.2 Å². The Hall–Kier alpha value is -2.77. The number of halogens is 2. The molecule has 0 amide bonds. The third-order valence-corrected chi connectivity index (χ3v) is 5.19. The van der Waals surface area contributed by atoms with Crippen LogP contribution in [-0.2, 0) is 13.1 Å². The highest BCUT2D eigenvalue weighted by Crippen LogP contribution is 2.28. The summed E-state index contributed by atoms with van der Waals surface area (Å²) in [6, 6.07) is 16.9. The maximum atomic E-state index is 12.3. The van der Waals surface area contributed by atoms with Gasteiger partial charge in [0.25, 0.3) is 0 Å². The van der Waals surface area contributed by atoms with Gasteiger partial charge in [-0.2, -0.15) is 8.78 Å².